The van der Waals surface area contributed by atoms with Crippen molar-refractivity contribution in [3.63, 3.8) is 0 Å². The van der Waals surface area contributed by atoms with Gasteiger partial charge in [-0.1, -0.05) is 23.9 Å². The van der Waals surface area contributed by atoms with Gasteiger partial charge in [-0.3, -0.25) is 9.36 Å². The van der Waals surface area contributed by atoms with Gasteiger partial charge in [-0.25, -0.2) is 0 Å². The van der Waals surface area contributed by atoms with Crippen molar-refractivity contribution in [3.05, 3.63) is 41.3 Å². The number of aromatic nitrogens is 3. The first-order chi connectivity index (χ1) is 13.6. The minimum atomic E-state index is -0.317. The van der Waals surface area contributed by atoms with Gasteiger partial charge in [0.25, 0.3) is 0 Å². The summed E-state index contributed by atoms with van der Waals surface area (Å²) in [5.74, 6) is 1.46. The fraction of sp³-hybridized carbons (Fsp3) is 0.350. The summed E-state index contributed by atoms with van der Waals surface area (Å²) in [5.41, 5.74) is 1.74. The van der Waals surface area contributed by atoms with E-state index in [0.29, 0.717) is 17.5 Å². The smallest absolute Gasteiger partial charge is 0.237 e. The van der Waals surface area contributed by atoms with Crippen molar-refractivity contribution >= 4 is 34.7 Å². The number of nitrogens with zero attached hydrogens (tertiary/aromatic N) is 3. The van der Waals surface area contributed by atoms with Crippen LogP contribution < -0.4 is 10.1 Å². The van der Waals surface area contributed by atoms with Crippen LogP contribution in [-0.2, 0) is 4.79 Å². The predicted octanol–water partition coefficient (Wildman–Crippen LogP) is 4.78. The number of ether oxygens (including phenoxy) is 1. The summed E-state index contributed by atoms with van der Waals surface area (Å²) >= 11 is 3.10. The zero-order valence-corrected chi connectivity index (χ0v) is 17.6. The van der Waals surface area contributed by atoms with Crippen LogP contribution in [0.15, 0.2) is 40.9 Å². The number of hydrogen-bond donors (Lipinski definition) is 1. The van der Waals surface area contributed by atoms with Gasteiger partial charge in [0.1, 0.15) is 5.75 Å². The molecule has 28 heavy (non-hydrogen) atoms. The van der Waals surface area contributed by atoms with Crippen LogP contribution in [0.1, 0.15) is 31.4 Å². The zero-order valence-electron chi connectivity index (χ0n) is 16.0. The summed E-state index contributed by atoms with van der Waals surface area (Å²) < 4.78 is 7.54. The van der Waals surface area contributed by atoms with Crippen LogP contribution in [0.5, 0.6) is 5.75 Å². The molecule has 1 aliphatic carbocycles. The number of thioether (sulfide) groups is 1. The SMILES string of the molecule is COc1ccc(C)cc1NC(=O)[C@@H](C)Sc1nnc(-c2cccs2)n1C1CC1. The van der Waals surface area contributed by atoms with E-state index in [1.807, 2.05) is 43.5 Å². The molecule has 1 atom stereocenters. The molecule has 8 heteroatoms. The van der Waals surface area contributed by atoms with Crippen molar-refractivity contribution in [2.45, 2.75) is 43.1 Å². The molecule has 1 aliphatic rings. The average Bonchev–Trinajstić information content (AvgIpc) is 3.20. The van der Waals surface area contributed by atoms with Gasteiger partial charge < -0.3 is 10.1 Å². The highest BCUT2D eigenvalue weighted by Crippen LogP contribution is 2.42. The molecule has 1 aromatic carbocycles. The Bertz CT molecular complexity index is 980. The van der Waals surface area contributed by atoms with Crippen LogP contribution in [0.2, 0.25) is 0 Å². The van der Waals surface area contributed by atoms with E-state index in [0.717, 1.165) is 34.3 Å². The maximum atomic E-state index is 12.8. The fourth-order valence-corrected chi connectivity index (χ4v) is 4.58. The lowest BCUT2D eigenvalue weighted by atomic mass is 10.2. The molecular formula is C20H22N4O2S2. The molecule has 1 amide bonds. The third-order valence-electron chi connectivity index (χ3n) is 4.58. The molecule has 2 aromatic heterocycles. The summed E-state index contributed by atoms with van der Waals surface area (Å²) in [5, 5.41) is 14.3. The molecule has 0 radical (unpaired) electrons. The number of carbonyl (C=O) groups excluding carboxylic acids is 1. The molecule has 0 saturated heterocycles. The number of aryl methyl sites for hydroxylation is 1. The van der Waals surface area contributed by atoms with E-state index >= 15 is 0 Å². The van der Waals surface area contributed by atoms with Gasteiger partial charge in [0.15, 0.2) is 11.0 Å². The highest BCUT2D eigenvalue weighted by atomic mass is 32.2. The molecule has 0 bridgehead atoms. The van der Waals surface area contributed by atoms with Gasteiger partial charge in [0, 0.05) is 6.04 Å². The molecule has 0 spiro atoms. The maximum absolute atomic E-state index is 12.8. The second-order valence-electron chi connectivity index (χ2n) is 6.84. The largest absolute Gasteiger partial charge is 0.495 e. The van der Waals surface area contributed by atoms with Crippen LogP contribution in [0, 0.1) is 6.92 Å². The Labute approximate surface area is 172 Å². The van der Waals surface area contributed by atoms with Crippen molar-refractivity contribution in [1.82, 2.24) is 14.8 Å². The van der Waals surface area contributed by atoms with E-state index in [9.17, 15) is 4.79 Å². The Morgan fingerprint density at radius 2 is 2.18 bits per heavy atom. The molecule has 2 heterocycles. The first kappa shape index (κ1) is 19.0. The quantitative estimate of drug-likeness (QED) is 0.564. The first-order valence-electron chi connectivity index (χ1n) is 9.17. The molecule has 146 valence electrons. The van der Waals surface area contributed by atoms with Gasteiger partial charge in [0.05, 0.1) is 22.9 Å². The van der Waals surface area contributed by atoms with Gasteiger partial charge in [0.2, 0.25) is 5.91 Å². The van der Waals surface area contributed by atoms with E-state index in [2.05, 4.69) is 26.1 Å². The number of anilines is 1. The average molecular weight is 415 g/mol. The van der Waals surface area contributed by atoms with Crippen LogP contribution in [0.25, 0.3) is 10.7 Å². The topological polar surface area (TPSA) is 69.0 Å². The van der Waals surface area contributed by atoms with E-state index < -0.39 is 0 Å². The van der Waals surface area contributed by atoms with E-state index in [4.69, 9.17) is 4.74 Å². The minimum Gasteiger partial charge on any atom is -0.495 e. The highest BCUT2D eigenvalue weighted by Gasteiger charge is 2.31. The fourth-order valence-electron chi connectivity index (χ4n) is 2.96. The molecule has 0 aliphatic heterocycles. The highest BCUT2D eigenvalue weighted by molar-refractivity contribution is 8.00. The van der Waals surface area contributed by atoms with Crippen molar-refractivity contribution in [1.29, 1.82) is 0 Å². The molecule has 6 nitrogen and oxygen atoms in total. The molecule has 4 rings (SSSR count). The minimum absolute atomic E-state index is 0.0862. The van der Waals surface area contributed by atoms with Crippen LogP contribution >= 0.6 is 23.1 Å². The number of benzene rings is 1. The Morgan fingerprint density at radius 3 is 2.86 bits per heavy atom. The maximum Gasteiger partial charge on any atom is 0.237 e. The van der Waals surface area contributed by atoms with Crippen LogP contribution in [-0.4, -0.2) is 33.0 Å². The second kappa shape index (κ2) is 7.97. The zero-order chi connectivity index (χ0) is 19.7. The van der Waals surface area contributed by atoms with Crippen molar-refractivity contribution in [2.24, 2.45) is 0 Å². The predicted molar refractivity (Wildman–Crippen MR) is 113 cm³/mol. The van der Waals surface area contributed by atoms with Crippen LogP contribution in [0.3, 0.4) is 0 Å². The Hall–Kier alpha value is -2.32. The number of rotatable bonds is 7. The summed E-state index contributed by atoms with van der Waals surface area (Å²) in [4.78, 5) is 13.9. The van der Waals surface area contributed by atoms with E-state index in [-0.39, 0.29) is 11.2 Å². The Kier molecular flexibility index (Phi) is 5.41. The molecular weight excluding hydrogens is 392 g/mol. The lowest BCUT2D eigenvalue weighted by Gasteiger charge is -2.15. The van der Waals surface area contributed by atoms with E-state index in [1.54, 1.807) is 18.4 Å². The van der Waals surface area contributed by atoms with E-state index in [1.165, 1.54) is 11.8 Å². The third-order valence-corrected chi connectivity index (χ3v) is 6.50. The number of methoxy groups -OCH3 is 1. The first-order valence-corrected chi connectivity index (χ1v) is 10.9. The Morgan fingerprint density at radius 1 is 1.36 bits per heavy atom. The Balaban J connectivity index is 1.52. The lowest BCUT2D eigenvalue weighted by Crippen LogP contribution is -2.23. The number of hydrogen-bond acceptors (Lipinski definition) is 6. The normalized spacial score (nSPS) is 14.7. The molecule has 1 fully saturated rings. The van der Waals surface area contributed by atoms with Crippen molar-refractivity contribution in [2.75, 3.05) is 12.4 Å². The number of carbonyl (C=O) groups is 1. The molecule has 3 aromatic rings. The summed E-state index contributed by atoms with van der Waals surface area (Å²) in [6.07, 6.45) is 2.26. The number of nitrogens with one attached hydrogen (secondary N) is 1. The second-order valence-corrected chi connectivity index (χ2v) is 9.09. The van der Waals surface area contributed by atoms with Crippen molar-refractivity contribution in [3.8, 4) is 16.5 Å². The third kappa shape index (κ3) is 3.93. The molecule has 1 saturated carbocycles. The van der Waals surface area contributed by atoms with Crippen molar-refractivity contribution < 1.29 is 9.53 Å². The van der Waals surface area contributed by atoms with Gasteiger partial charge in [-0.15, -0.1) is 21.5 Å². The number of amides is 1. The molecule has 0 unspecified atom stereocenters. The van der Waals surface area contributed by atoms with Crippen LogP contribution in [0.4, 0.5) is 5.69 Å². The van der Waals surface area contributed by atoms with Gasteiger partial charge in [-0.2, -0.15) is 0 Å². The summed E-state index contributed by atoms with van der Waals surface area (Å²) in [7, 11) is 1.60. The van der Waals surface area contributed by atoms with Gasteiger partial charge in [-0.05, 0) is 55.8 Å². The summed E-state index contributed by atoms with van der Waals surface area (Å²) in [6.45, 7) is 3.87. The standard InChI is InChI=1S/C20H22N4O2S2/c1-12-6-9-16(26-3)15(11-12)21-19(25)13(2)28-20-23-22-18(17-5-4-10-27-17)24(20)14-7-8-14/h4-6,9-11,13-14H,7-8H2,1-3H3,(H,21,25)/t13-/m1/s1. The summed E-state index contributed by atoms with van der Waals surface area (Å²) in [6, 6.07) is 10.2. The van der Waals surface area contributed by atoms with Gasteiger partial charge >= 0.3 is 0 Å². The molecule has 1 N–H and O–H groups in total. The number of thiophene rings is 1. The monoisotopic (exact) mass is 414 g/mol. The lowest BCUT2D eigenvalue weighted by molar-refractivity contribution is -0.115.